The zero-order valence-electron chi connectivity index (χ0n) is 17.1. The summed E-state index contributed by atoms with van der Waals surface area (Å²) in [5.74, 6) is 0.871. The van der Waals surface area contributed by atoms with Crippen LogP contribution in [0.25, 0.3) is 0 Å². The summed E-state index contributed by atoms with van der Waals surface area (Å²) < 4.78 is 16.0. The van der Waals surface area contributed by atoms with Crippen LogP contribution in [0.1, 0.15) is 24.4 Å². The van der Waals surface area contributed by atoms with Crippen molar-refractivity contribution in [2.45, 2.75) is 18.9 Å². The summed E-state index contributed by atoms with van der Waals surface area (Å²) in [6.45, 7) is 0. The van der Waals surface area contributed by atoms with E-state index in [9.17, 15) is 9.59 Å². The third-order valence-corrected chi connectivity index (χ3v) is 5.27. The van der Waals surface area contributed by atoms with Crippen molar-refractivity contribution in [3.63, 3.8) is 0 Å². The first-order chi connectivity index (χ1) is 14.0. The number of piperidine rings is 1. The molecule has 1 saturated heterocycles. The predicted molar refractivity (Wildman–Crippen MR) is 109 cm³/mol. The Morgan fingerprint density at radius 1 is 1.03 bits per heavy atom. The number of methoxy groups -OCH3 is 3. The van der Waals surface area contributed by atoms with Gasteiger partial charge < -0.3 is 24.4 Å². The Hall–Kier alpha value is -3.22. The SMILES string of the molecule is COc1cc(NC(=O)[C@H]2CCC(=O)N(C)[C@@H]2c2ccccc2)cc(OC)c1OC. The van der Waals surface area contributed by atoms with E-state index in [4.69, 9.17) is 14.2 Å². The number of carbonyl (C=O) groups is 2. The second kappa shape index (κ2) is 8.86. The number of hydrogen-bond acceptors (Lipinski definition) is 5. The Kier molecular flexibility index (Phi) is 6.26. The van der Waals surface area contributed by atoms with Crippen LogP contribution < -0.4 is 19.5 Å². The molecule has 0 spiro atoms. The number of nitrogens with one attached hydrogen (secondary N) is 1. The fourth-order valence-corrected chi connectivity index (χ4v) is 3.81. The van der Waals surface area contributed by atoms with Gasteiger partial charge in [0, 0.05) is 31.3 Å². The minimum Gasteiger partial charge on any atom is -0.493 e. The Balaban J connectivity index is 1.90. The highest BCUT2D eigenvalue weighted by molar-refractivity contribution is 5.95. The summed E-state index contributed by atoms with van der Waals surface area (Å²) in [5, 5.41) is 2.96. The van der Waals surface area contributed by atoms with Crippen LogP contribution in [0, 0.1) is 5.92 Å². The van der Waals surface area contributed by atoms with E-state index in [1.165, 1.54) is 21.3 Å². The van der Waals surface area contributed by atoms with Crippen molar-refractivity contribution in [3.05, 3.63) is 48.0 Å². The number of likely N-dealkylation sites (tertiary alicyclic amines) is 1. The molecule has 2 atom stereocenters. The Bertz CT molecular complexity index is 859. The van der Waals surface area contributed by atoms with Gasteiger partial charge in [0.15, 0.2) is 11.5 Å². The first kappa shape index (κ1) is 20.5. The van der Waals surface area contributed by atoms with Crippen molar-refractivity contribution in [3.8, 4) is 17.2 Å². The average molecular weight is 398 g/mol. The van der Waals surface area contributed by atoms with Gasteiger partial charge in [-0.25, -0.2) is 0 Å². The van der Waals surface area contributed by atoms with Crippen molar-refractivity contribution >= 4 is 17.5 Å². The summed E-state index contributed by atoms with van der Waals surface area (Å²) in [7, 11) is 6.32. The van der Waals surface area contributed by atoms with Gasteiger partial charge in [-0.2, -0.15) is 0 Å². The molecule has 2 amide bonds. The normalized spacial score (nSPS) is 18.9. The highest BCUT2D eigenvalue weighted by Gasteiger charge is 2.38. The summed E-state index contributed by atoms with van der Waals surface area (Å²) in [5.41, 5.74) is 1.48. The van der Waals surface area contributed by atoms with E-state index in [2.05, 4.69) is 5.32 Å². The van der Waals surface area contributed by atoms with Crippen LogP contribution in [-0.4, -0.2) is 45.1 Å². The number of benzene rings is 2. The first-order valence-corrected chi connectivity index (χ1v) is 9.41. The number of amides is 2. The van der Waals surface area contributed by atoms with E-state index >= 15 is 0 Å². The van der Waals surface area contributed by atoms with Gasteiger partial charge in [0.25, 0.3) is 0 Å². The molecule has 2 aromatic rings. The second-order valence-corrected chi connectivity index (χ2v) is 6.91. The van der Waals surface area contributed by atoms with Gasteiger partial charge >= 0.3 is 0 Å². The Morgan fingerprint density at radius 3 is 2.21 bits per heavy atom. The maximum Gasteiger partial charge on any atom is 0.229 e. The monoisotopic (exact) mass is 398 g/mol. The molecule has 0 bridgehead atoms. The predicted octanol–water partition coefficient (Wildman–Crippen LogP) is 3.26. The molecule has 0 aromatic heterocycles. The lowest BCUT2D eigenvalue weighted by Crippen LogP contribution is -2.44. The van der Waals surface area contributed by atoms with Gasteiger partial charge in [0.1, 0.15) is 0 Å². The molecular weight excluding hydrogens is 372 g/mol. The molecule has 0 saturated carbocycles. The molecule has 0 aliphatic carbocycles. The molecule has 1 aliphatic heterocycles. The van der Waals surface area contributed by atoms with E-state index in [0.717, 1.165) is 5.56 Å². The zero-order valence-corrected chi connectivity index (χ0v) is 17.1. The fourth-order valence-electron chi connectivity index (χ4n) is 3.81. The summed E-state index contributed by atoms with van der Waals surface area (Å²) >= 11 is 0. The molecule has 0 unspecified atom stereocenters. The molecule has 1 N–H and O–H groups in total. The topological polar surface area (TPSA) is 77.1 Å². The minimum absolute atomic E-state index is 0.0377. The molecule has 1 aliphatic rings. The molecule has 7 nitrogen and oxygen atoms in total. The quantitative estimate of drug-likeness (QED) is 0.808. The summed E-state index contributed by atoms with van der Waals surface area (Å²) in [6.07, 6.45) is 0.826. The summed E-state index contributed by atoms with van der Waals surface area (Å²) in [4.78, 5) is 27.1. The van der Waals surface area contributed by atoms with Gasteiger partial charge in [-0.05, 0) is 12.0 Å². The second-order valence-electron chi connectivity index (χ2n) is 6.91. The highest BCUT2D eigenvalue weighted by atomic mass is 16.5. The van der Waals surface area contributed by atoms with Gasteiger partial charge in [0.2, 0.25) is 17.6 Å². The van der Waals surface area contributed by atoms with Crippen molar-refractivity contribution in [1.29, 1.82) is 0 Å². The van der Waals surface area contributed by atoms with Crippen molar-refractivity contribution < 1.29 is 23.8 Å². The third kappa shape index (κ3) is 4.13. The van der Waals surface area contributed by atoms with Crippen molar-refractivity contribution in [2.24, 2.45) is 5.92 Å². The molecule has 1 heterocycles. The maximum absolute atomic E-state index is 13.2. The van der Waals surface area contributed by atoms with E-state index in [0.29, 0.717) is 35.8 Å². The van der Waals surface area contributed by atoms with Crippen LogP contribution in [0.3, 0.4) is 0 Å². The first-order valence-electron chi connectivity index (χ1n) is 9.41. The van der Waals surface area contributed by atoms with E-state index in [1.54, 1.807) is 24.1 Å². The van der Waals surface area contributed by atoms with Crippen LogP contribution in [-0.2, 0) is 9.59 Å². The molecule has 7 heteroatoms. The standard InChI is InChI=1S/C22H26N2O5/c1-24-19(25)11-10-16(20(24)14-8-6-5-7-9-14)22(26)23-15-12-17(27-2)21(29-4)18(13-15)28-3/h5-9,12-13,16,20H,10-11H2,1-4H3,(H,23,26)/t16-,20+/m0/s1. The number of carbonyl (C=O) groups excluding carboxylic acids is 2. The largest absolute Gasteiger partial charge is 0.493 e. The molecule has 0 radical (unpaired) electrons. The molecular formula is C22H26N2O5. The lowest BCUT2D eigenvalue weighted by Gasteiger charge is -2.38. The highest BCUT2D eigenvalue weighted by Crippen LogP contribution is 2.41. The lowest BCUT2D eigenvalue weighted by atomic mass is 9.84. The van der Waals surface area contributed by atoms with Gasteiger partial charge in [-0.15, -0.1) is 0 Å². The smallest absolute Gasteiger partial charge is 0.229 e. The van der Waals surface area contributed by atoms with Crippen LogP contribution in [0.5, 0.6) is 17.2 Å². The van der Waals surface area contributed by atoms with Crippen molar-refractivity contribution in [1.82, 2.24) is 4.90 Å². The Labute approximate surface area is 170 Å². The molecule has 154 valence electrons. The molecule has 3 rings (SSSR count). The lowest BCUT2D eigenvalue weighted by molar-refractivity contribution is -0.140. The van der Waals surface area contributed by atoms with Crippen molar-refractivity contribution in [2.75, 3.05) is 33.7 Å². The van der Waals surface area contributed by atoms with Crippen LogP contribution in [0.2, 0.25) is 0 Å². The number of nitrogens with zero attached hydrogens (tertiary/aromatic N) is 1. The van der Waals surface area contributed by atoms with E-state index < -0.39 is 0 Å². The maximum atomic E-state index is 13.2. The number of rotatable bonds is 6. The average Bonchev–Trinajstić information content (AvgIpc) is 2.75. The van der Waals surface area contributed by atoms with Crippen LogP contribution >= 0.6 is 0 Å². The van der Waals surface area contributed by atoms with E-state index in [-0.39, 0.29) is 23.8 Å². The molecule has 1 fully saturated rings. The fraction of sp³-hybridized carbons (Fsp3) is 0.364. The van der Waals surface area contributed by atoms with Crippen LogP contribution in [0.15, 0.2) is 42.5 Å². The number of anilines is 1. The molecule has 2 aromatic carbocycles. The number of hydrogen-bond donors (Lipinski definition) is 1. The van der Waals surface area contributed by atoms with Crippen LogP contribution in [0.4, 0.5) is 5.69 Å². The third-order valence-electron chi connectivity index (χ3n) is 5.27. The zero-order chi connectivity index (χ0) is 21.0. The van der Waals surface area contributed by atoms with Gasteiger partial charge in [0.05, 0.1) is 33.3 Å². The van der Waals surface area contributed by atoms with Gasteiger partial charge in [-0.3, -0.25) is 9.59 Å². The minimum atomic E-state index is -0.376. The molecule has 29 heavy (non-hydrogen) atoms. The number of ether oxygens (including phenoxy) is 3. The van der Waals surface area contributed by atoms with E-state index in [1.807, 2.05) is 30.3 Å². The van der Waals surface area contributed by atoms with Gasteiger partial charge in [-0.1, -0.05) is 30.3 Å². The summed E-state index contributed by atoms with van der Waals surface area (Å²) in [6, 6.07) is 12.7. The Morgan fingerprint density at radius 2 is 1.66 bits per heavy atom.